The van der Waals surface area contributed by atoms with Crippen LogP contribution in [-0.2, 0) is 13.0 Å². The van der Waals surface area contributed by atoms with Gasteiger partial charge >= 0.3 is 0 Å². The molecule has 2 aromatic heterocycles. The molecule has 2 heterocycles. The summed E-state index contributed by atoms with van der Waals surface area (Å²) in [6, 6.07) is 24.8. The molecule has 5 aromatic rings. The first-order valence-electron chi connectivity index (χ1n) is 11.1. The van der Waals surface area contributed by atoms with Gasteiger partial charge in [0.15, 0.2) is 0 Å². The Hall–Kier alpha value is -3.50. The van der Waals surface area contributed by atoms with Gasteiger partial charge in [0.25, 0.3) is 0 Å². The number of aromatic nitrogens is 3. The standard InChI is InChI=1S/C28H25ClN3O/c1-19-7-8-22(15-20(19)2)16-26(24-5-3-6-25(29)17-24)28-30-27(31-33-28)23-11-9-21(10-12-23)18-32-13-4-14-32/h3-15,17,26H,16,18H2,1-2H3/q-1. The Morgan fingerprint density at radius 3 is 2.45 bits per heavy atom. The molecule has 0 spiro atoms. The summed E-state index contributed by atoms with van der Waals surface area (Å²) >= 11 is 6.32. The van der Waals surface area contributed by atoms with Gasteiger partial charge in [-0.3, -0.25) is 0 Å². The highest BCUT2D eigenvalue weighted by molar-refractivity contribution is 6.30. The van der Waals surface area contributed by atoms with E-state index >= 15 is 0 Å². The maximum absolute atomic E-state index is 6.32. The second kappa shape index (κ2) is 9.16. The third-order valence-electron chi connectivity index (χ3n) is 6.13. The third kappa shape index (κ3) is 4.81. The first-order chi connectivity index (χ1) is 16.0. The summed E-state index contributed by atoms with van der Waals surface area (Å²) in [5.74, 6) is 1.11. The monoisotopic (exact) mass is 454 g/mol. The average molecular weight is 455 g/mol. The van der Waals surface area contributed by atoms with Crippen molar-refractivity contribution < 1.29 is 4.52 Å². The van der Waals surface area contributed by atoms with E-state index < -0.39 is 0 Å². The number of hydrogen-bond donors (Lipinski definition) is 0. The molecule has 33 heavy (non-hydrogen) atoms. The van der Waals surface area contributed by atoms with Gasteiger partial charge in [0, 0.05) is 17.1 Å². The number of aryl methyl sites for hydroxylation is 2. The van der Waals surface area contributed by atoms with Crippen molar-refractivity contribution >= 4 is 11.6 Å². The molecule has 3 aromatic carbocycles. The molecule has 0 saturated heterocycles. The summed E-state index contributed by atoms with van der Waals surface area (Å²) in [4.78, 5) is 4.79. The van der Waals surface area contributed by atoms with E-state index in [4.69, 9.17) is 21.1 Å². The van der Waals surface area contributed by atoms with Crippen molar-refractivity contribution in [3.05, 3.63) is 124 Å². The van der Waals surface area contributed by atoms with Crippen LogP contribution in [0.25, 0.3) is 11.4 Å². The third-order valence-corrected chi connectivity index (χ3v) is 6.37. The Kier molecular flexibility index (Phi) is 5.93. The van der Waals surface area contributed by atoms with Gasteiger partial charge in [-0.25, -0.2) is 0 Å². The van der Waals surface area contributed by atoms with Crippen molar-refractivity contribution in [3.63, 3.8) is 0 Å². The Morgan fingerprint density at radius 2 is 1.76 bits per heavy atom. The SMILES string of the molecule is Cc1ccc(CC(c2cccc(Cl)c2)c2nc(-c3ccc(Cn4cc[cH-]4)cc3)no2)cc1C. The van der Waals surface area contributed by atoms with E-state index in [1.165, 1.54) is 22.3 Å². The smallest absolute Gasteiger partial charge is 0.234 e. The number of hydrogen-bond acceptors (Lipinski definition) is 3. The minimum absolute atomic E-state index is 0.0833. The number of rotatable bonds is 7. The fourth-order valence-corrected chi connectivity index (χ4v) is 4.21. The lowest BCUT2D eigenvalue weighted by molar-refractivity contribution is 0.365. The summed E-state index contributed by atoms with van der Waals surface area (Å²) in [6.07, 6.45) is 4.87. The van der Waals surface area contributed by atoms with Crippen molar-refractivity contribution in [2.45, 2.75) is 32.7 Å². The topological polar surface area (TPSA) is 43.9 Å². The summed E-state index contributed by atoms with van der Waals surface area (Å²) in [7, 11) is 0. The van der Waals surface area contributed by atoms with Gasteiger partial charge in [0.2, 0.25) is 11.7 Å². The molecule has 0 aliphatic heterocycles. The summed E-state index contributed by atoms with van der Waals surface area (Å²) < 4.78 is 7.94. The van der Waals surface area contributed by atoms with Crippen LogP contribution < -0.4 is 0 Å². The zero-order valence-electron chi connectivity index (χ0n) is 18.7. The molecule has 1 unspecified atom stereocenters. The zero-order valence-corrected chi connectivity index (χ0v) is 19.5. The van der Waals surface area contributed by atoms with E-state index in [9.17, 15) is 0 Å². The van der Waals surface area contributed by atoms with E-state index in [0.717, 1.165) is 24.1 Å². The minimum atomic E-state index is -0.0833. The molecular weight excluding hydrogens is 430 g/mol. The molecular formula is C28H25ClN3O-. The van der Waals surface area contributed by atoms with Crippen molar-refractivity contribution in [2.75, 3.05) is 0 Å². The molecule has 166 valence electrons. The van der Waals surface area contributed by atoms with E-state index in [1.54, 1.807) is 0 Å². The zero-order chi connectivity index (χ0) is 22.8. The average Bonchev–Trinajstić information content (AvgIpc) is 3.27. The highest BCUT2D eigenvalue weighted by Crippen LogP contribution is 2.31. The molecule has 0 saturated carbocycles. The van der Waals surface area contributed by atoms with Crippen molar-refractivity contribution in [1.29, 1.82) is 0 Å². The highest BCUT2D eigenvalue weighted by atomic mass is 35.5. The Labute approximate surface area is 198 Å². The molecule has 0 amide bonds. The van der Waals surface area contributed by atoms with Crippen LogP contribution in [-0.4, -0.2) is 14.7 Å². The molecule has 0 aliphatic carbocycles. The largest absolute Gasteiger partial charge is 0.455 e. The van der Waals surface area contributed by atoms with Crippen LogP contribution in [0.5, 0.6) is 0 Å². The first-order valence-corrected chi connectivity index (χ1v) is 11.4. The minimum Gasteiger partial charge on any atom is -0.455 e. The maximum Gasteiger partial charge on any atom is 0.234 e. The first kappa shape index (κ1) is 21.4. The molecule has 0 bridgehead atoms. The predicted octanol–water partition coefficient (Wildman–Crippen LogP) is 6.95. The van der Waals surface area contributed by atoms with Crippen LogP contribution in [0.3, 0.4) is 0 Å². The lowest BCUT2D eigenvalue weighted by Gasteiger charge is -2.15. The van der Waals surface area contributed by atoms with E-state index in [0.29, 0.717) is 16.7 Å². The molecule has 1 atom stereocenters. The highest BCUT2D eigenvalue weighted by Gasteiger charge is 2.23. The normalized spacial score (nSPS) is 12.2. The molecule has 5 heteroatoms. The molecule has 5 rings (SSSR count). The van der Waals surface area contributed by atoms with Crippen LogP contribution in [0.1, 0.15) is 39.6 Å². The number of benzene rings is 3. The van der Waals surface area contributed by atoms with Crippen LogP contribution in [0, 0.1) is 13.8 Å². The Morgan fingerprint density at radius 1 is 0.970 bits per heavy atom. The fourth-order valence-electron chi connectivity index (χ4n) is 4.01. The molecule has 4 nitrogen and oxygen atoms in total. The van der Waals surface area contributed by atoms with Gasteiger partial charge in [-0.1, -0.05) is 71.4 Å². The second-order valence-corrected chi connectivity index (χ2v) is 8.98. The van der Waals surface area contributed by atoms with E-state index in [2.05, 4.69) is 72.4 Å². The Balaban J connectivity index is 1.44. The van der Waals surface area contributed by atoms with Gasteiger partial charge < -0.3 is 9.09 Å². The lowest BCUT2D eigenvalue weighted by atomic mass is 9.90. The van der Waals surface area contributed by atoms with Gasteiger partial charge in [0.1, 0.15) is 0 Å². The van der Waals surface area contributed by atoms with Crippen molar-refractivity contribution in [3.8, 4) is 11.4 Å². The maximum atomic E-state index is 6.32. The van der Waals surface area contributed by atoms with Crippen LogP contribution in [0.4, 0.5) is 0 Å². The summed E-state index contributed by atoms with van der Waals surface area (Å²) in [5.41, 5.74) is 7.01. The quantitative estimate of drug-likeness (QED) is 0.250. The summed E-state index contributed by atoms with van der Waals surface area (Å²) in [5, 5.41) is 5.00. The van der Waals surface area contributed by atoms with Gasteiger partial charge in [-0.05, 0) is 60.2 Å². The predicted molar refractivity (Wildman–Crippen MR) is 132 cm³/mol. The van der Waals surface area contributed by atoms with Crippen molar-refractivity contribution in [2.24, 2.45) is 0 Å². The van der Waals surface area contributed by atoms with Crippen LogP contribution in [0.2, 0.25) is 5.02 Å². The summed E-state index contributed by atoms with van der Waals surface area (Å²) in [6.45, 7) is 5.13. The van der Waals surface area contributed by atoms with Crippen molar-refractivity contribution in [1.82, 2.24) is 14.7 Å². The molecule has 0 radical (unpaired) electrons. The fraction of sp³-hybridized carbons (Fsp3) is 0.179. The van der Waals surface area contributed by atoms with Gasteiger partial charge in [-0.2, -0.15) is 4.98 Å². The number of halogens is 1. The van der Waals surface area contributed by atoms with Gasteiger partial charge in [0.05, 0.1) is 5.92 Å². The molecule has 0 N–H and O–H groups in total. The van der Waals surface area contributed by atoms with E-state index in [1.807, 2.05) is 36.4 Å². The lowest BCUT2D eigenvalue weighted by Crippen LogP contribution is -2.06. The Bertz CT molecular complexity index is 1350. The van der Waals surface area contributed by atoms with Crippen LogP contribution in [0.15, 0.2) is 89.7 Å². The molecule has 0 aliphatic rings. The van der Waals surface area contributed by atoms with E-state index in [-0.39, 0.29) is 5.92 Å². The molecule has 0 fully saturated rings. The van der Waals surface area contributed by atoms with Gasteiger partial charge in [-0.15, -0.1) is 18.5 Å². The second-order valence-electron chi connectivity index (χ2n) is 8.55. The van der Waals surface area contributed by atoms with Crippen LogP contribution >= 0.6 is 11.6 Å². The number of nitrogens with zero attached hydrogens (tertiary/aromatic N) is 3.